The van der Waals surface area contributed by atoms with Crippen molar-refractivity contribution >= 4 is 0 Å². The quantitative estimate of drug-likeness (QED) is 0.575. The van der Waals surface area contributed by atoms with Crippen LogP contribution >= 0.6 is 0 Å². The van der Waals surface area contributed by atoms with Crippen LogP contribution in [0.15, 0.2) is 11.6 Å². The minimum atomic E-state index is 0.110. The molecule has 0 aromatic rings. The van der Waals surface area contributed by atoms with Gasteiger partial charge in [0, 0.05) is 7.11 Å². The van der Waals surface area contributed by atoms with E-state index in [0.29, 0.717) is 5.92 Å². The van der Waals surface area contributed by atoms with Crippen LogP contribution in [0.4, 0.5) is 0 Å². The highest BCUT2D eigenvalue weighted by atomic mass is 16.5. The van der Waals surface area contributed by atoms with Gasteiger partial charge in [0.2, 0.25) is 0 Å². The van der Waals surface area contributed by atoms with Gasteiger partial charge >= 0.3 is 0 Å². The summed E-state index contributed by atoms with van der Waals surface area (Å²) in [6.45, 7) is 6.73. The molecule has 0 bridgehead atoms. The second-order valence-electron chi connectivity index (χ2n) is 4.29. The lowest BCUT2D eigenvalue weighted by atomic mass is 9.83. The van der Waals surface area contributed by atoms with E-state index < -0.39 is 0 Å². The lowest BCUT2D eigenvalue weighted by molar-refractivity contribution is -0.00273. The average Bonchev–Trinajstić information content (AvgIpc) is 2.05. The van der Waals surface area contributed by atoms with Crippen LogP contribution in [-0.4, -0.2) is 12.7 Å². The summed E-state index contributed by atoms with van der Waals surface area (Å²) in [7, 11) is 1.81. The Bertz CT molecular complexity index is 181. The zero-order valence-corrected chi connectivity index (χ0v) is 8.68. The molecule has 1 heteroatoms. The molecule has 1 aliphatic rings. The van der Waals surface area contributed by atoms with Crippen LogP contribution in [0, 0.1) is 5.92 Å². The highest BCUT2D eigenvalue weighted by molar-refractivity contribution is 5.11. The summed E-state index contributed by atoms with van der Waals surface area (Å²) in [5, 5.41) is 0. The summed E-state index contributed by atoms with van der Waals surface area (Å²) in [5.74, 6) is 0.714. The molecule has 0 aliphatic heterocycles. The molecular formula is C11H20O. The van der Waals surface area contributed by atoms with Crippen molar-refractivity contribution in [1.29, 1.82) is 0 Å². The molecule has 0 spiro atoms. The van der Waals surface area contributed by atoms with Gasteiger partial charge in [0.05, 0.1) is 5.60 Å². The molecule has 0 aromatic heterocycles. The Morgan fingerprint density at radius 2 is 2.17 bits per heavy atom. The largest absolute Gasteiger partial charge is 0.378 e. The van der Waals surface area contributed by atoms with Crippen LogP contribution in [0.5, 0.6) is 0 Å². The zero-order valence-electron chi connectivity index (χ0n) is 8.68. The monoisotopic (exact) mass is 168 g/mol. The summed E-state index contributed by atoms with van der Waals surface area (Å²) in [5.41, 5.74) is 1.71. The fourth-order valence-corrected chi connectivity index (χ4v) is 1.67. The number of allylic oxidation sites excluding steroid dienone is 1. The molecule has 0 amide bonds. The van der Waals surface area contributed by atoms with Gasteiger partial charge in [-0.2, -0.15) is 0 Å². The molecule has 0 saturated carbocycles. The fraction of sp³-hybridized carbons (Fsp3) is 0.818. The van der Waals surface area contributed by atoms with Crippen LogP contribution < -0.4 is 0 Å². The second-order valence-corrected chi connectivity index (χ2v) is 4.29. The first kappa shape index (κ1) is 9.79. The van der Waals surface area contributed by atoms with Crippen molar-refractivity contribution in [2.24, 2.45) is 5.92 Å². The number of hydrogen-bond donors (Lipinski definition) is 0. The lowest BCUT2D eigenvalue weighted by Crippen LogP contribution is -2.29. The summed E-state index contributed by atoms with van der Waals surface area (Å²) < 4.78 is 5.46. The third-order valence-electron chi connectivity index (χ3n) is 2.97. The number of ether oxygens (including phenoxy) is 1. The van der Waals surface area contributed by atoms with Gasteiger partial charge in [-0.3, -0.25) is 0 Å². The van der Waals surface area contributed by atoms with Gasteiger partial charge in [-0.05, 0) is 32.1 Å². The van der Waals surface area contributed by atoms with Gasteiger partial charge in [0.25, 0.3) is 0 Å². The summed E-state index contributed by atoms with van der Waals surface area (Å²) >= 11 is 0. The molecule has 0 saturated heterocycles. The van der Waals surface area contributed by atoms with E-state index >= 15 is 0 Å². The first-order chi connectivity index (χ1) is 5.57. The molecule has 0 aromatic carbocycles. The number of rotatable bonds is 2. The van der Waals surface area contributed by atoms with E-state index in [1.165, 1.54) is 12.8 Å². The fourth-order valence-electron chi connectivity index (χ4n) is 1.67. The van der Waals surface area contributed by atoms with Crippen molar-refractivity contribution in [2.45, 2.75) is 45.6 Å². The zero-order chi connectivity index (χ0) is 9.19. The van der Waals surface area contributed by atoms with Gasteiger partial charge < -0.3 is 4.74 Å². The van der Waals surface area contributed by atoms with E-state index in [0.717, 1.165) is 6.42 Å². The van der Waals surface area contributed by atoms with E-state index in [4.69, 9.17) is 4.74 Å². The number of methoxy groups -OCH3 is 1. The summed E-state index contributed by atoms with van der Waals surface area (Å²) in [4.78, 5) is 0. The van der Waals surface area contributed by atoms with E-state index in [1.807, 2.05) is 7.11 Å². The third kappa shape index (κ3) is 2.10. The predicted molar refractivity (Wildman–Crippen MR) is 52.2 cm³/mol. The Hall–Kier alpha value is -0.300. The Morgan fingerprint density at radius 1 is 1.50 bits per heavy atom. The maximum absolute atomic E-state index is 5.46. The molecule has 0 heterocycles. The minimum Gasteiger partial charge on any atom is -0.378 e. The Balaban J connectivity index is 2.58. The Kier molecular flexibility index (Phi) is 2.94. The van der Waals surface area contributed by atoms with Gasteiger partial charge in [-0.25, -0.2) is 0 Å². The van der Waals surface area contributed by atoms with Crippen molar-refractivity contribution in [1.82, 2.24) is 0 Å². The summed E-state index contributed by atoms with van der Waals surface area (Å²) in [6, 6.07) is 0. The molecule has 1 atom stereocenters. The number of hydrogen-bond acceptors (Lipinski definition) is 1. The Labute approximate surface area is 75.8 Å². The molecule has 0 fully saturated rings. The predicted octanol–water partition coefficient (Wildman–Crippen LogP) is 3.16. The van der Waals surface area contributed by atoms with Crippen LogP contribution in [0.2, 0.25) is 0 Å². The van der Waals surface area contributed by atoms with Crippen molar-refractivity contribution in [3.8, 4) is 0 Å². The van der Waals surface area contributed by atoms with Crippen molar-refractivity contribution in [2.75, 3.05) is 7.11 Å². The third-order valence-corrected chi connectivity index (χ3v) is 2.97. The molecule has 0 radical (unpaired) electrons. The normalized spacial score (nSPS) is 30.6. The second kappa shape index (κ2) is 3.61. The molecule has 1 unspecified atom stereocenters. The lowest BCUT2D eigenvalue weighted by Gasteiger charge is -2.32. The topological polar surface area (TPSA) is 9.23 Å². The molecule has 70 valence electrons. The smallest absolute Gasteiger partial charge is 0.0688 e. The molecule has 1 aliphatic carbocycles. The Morgan fingerprint density at radius 3 is 2.50 bits per heavy atom. The average molecular weight is 168 g/mol. The molecule has 1 nitrogen and oxygen atoms in total. The minimum absolute atomic E-state index is 0.110. The van der Waals surface area contributed by atoms with Crippen molar-refractivity contribution in [3.63, 3.8) is 0 Å². The van der Waals surface area contributed by atoms with E-state index in [9.17, 15) is 0 Å². The standard InChI is InChI=1S/C11H20O/c1-9(2)10-5-7-11(3,12-4)8-6-10/h5,9H,6-8H2,1-4H3. The van der Waals surface area contributed by atoms with E-state index in [-0.39, 0.29) is 5.60 Å². The van der Waals surface area contributed by atoms with Crippen LogP contribution in [-0.2, 0) is 4.74 Å². The first-order valence-corrected chi connectivity index (χ1v) is 4.81. The van der Waals surface area contributed by atoms with Gasteiger partial charge in [0.15, 0.2) is 0 Å². The van der Waals surface area contributed by atoms with Crippen molar-refractivity contribution in [3.05, 3.63) is 11.6 Å². The highest BCUT2D eigenvalue weighted by Crippen LogP contribution is 2.32. The maximum Gasteiger partial charge on any atom is 0.0688 e. The first-order valence-electron chi connectivity index (χ1n) is 4.81. The molecule has 1 rings (SSSR count). The van der Waals surface area contributed by atoms with Crippen molar-refractivity contribution < 1.29 is 4.74 Å². The van der Waals surface area contributed by atoms with E-state index in [1.54, 1.807) is 5.57 Å². The highest BCUT2D eigenvalue weighted by Gasteiger charge is 2.26. The van der Waals surface area contributed by atoms with Crippen LogP contribution in [0.1, 0.15) is 40.0 Å². The van der Waals surface area contributed by atoms with E-state index in [2.05, 4.69) is 26.8 Å². The van der Waals surface area contributed by atoms with Crippen LogP contribution in [0.3, 0.4) is 0 Å². The molecular weight excluding hydrogens is 148 g/mol. The van der Waals surface area contributed by atoms with Gasteiger partial charge in [-0.15, -0.1) is 0 Å². The maximum atomic E-state index is 5.46. The van der Waals surface area contributed by atoms with Gasteiger partial charge in [-0.1, -0.05) is 25.5 Å². The molecule has 0 N–H and O–H groups in total. The van der Waals surface area contributed by atoms with Gasteiger partial charge in [0.1, 0.15) is 0 Å². The SMILES string of the molecule is COC1(C)CC=C(C(C)C)CC1. The summed E-state index contributed by atoms with van der Waals surface area (Å²) in [6.07, 6.45) is 5.82. The molecule has 12 heavy (non-hydrogen) atoms. The van der Waals surface area contributed by atoms with Crippen LogP contribution in [0.25, 0.3) is 0 Å².